The fourth-order valence-electron chi connectivity index (χ4n) is 2.45. The molecule has 0 radical (unpaired) electrons. The summed E-state index contributed by atoms with van der Waals surface area (Å²) in [7, 11) is 0. The van der Waals surface area contributed by atoms with Gasteiger partial charge >= 0.3 is 0 Å². The minimum atomic E-state index is -0.632. The van der Waals surface area contributed by atoms with Gasteiger partial charge in [0.25, 0.3) is 0 Å². The number of amides is 1. The lowest BCUT2D eigenvalue weighted by Crippen LogP contribution is -2.55. The van der Waals surface area contributed by atoms with Gasteiger partial charge in [-0.1, -0.05) is 25.3 Å². The molecule has 1 aromatic heterocycles. The van der Waals surface area contributed by atoms with Crippen molar-refractivity contribution in [2.45, 2.75) is 44.1 Å². The molecule has 0 bridgehead atoms. The van der Waals surface area contributed by atoms with Crippen LogP contribution in [0.1, 0.15) is 37.7 Å². The summed E-state index contributed by atoms with van der Waals surface area (Å²) in [5, 5.41) is 2.95. The van der Waals surface area contributed by atoms with Crippen molar-refractivity contribution in [3.8, 4) is 0 Å². The van der Waals surface area contributed by atoms with Crippen molar-refractivity contribution in [1.82, 2.24) is 10.3 Å². The lowest BCUT2D eigenvalue weighted by atomic mass is 9.82. The molecule has 1 heterocycles. The zero-order valence-electron chi connectivity index (χ0n) is 11.5. The van der Waals surface area contributed by atoms with Crippen LogP contribution in [-0.4, -0.2) is 23.0 Å². The summed E-state index contributed by atoms with van der Waals surface area (Å²) in [6, 6.07) is 3.92. The lowest BCUT2D eigenvalue weighted by molar-refractivity contribution is -0.127. The average molecular weight is 320 g/mol. The van der Waals surface area contributed by atoms with E-state index in [9.17, 15) is 4.79 Å². The second-order valence-electron chi connectivity index (χ2n) is 5.08. The minimum absolute atomic E-state index is 0. The Hall–Kier alpha value is -0.840. The molecule has 114 valence electrons. The van der Waals surface area contributed by atoms with Crippen LogP contribution >= 0.6 is 24.8 Å². The van der Waals surface area contributed by atoms with Crippen LogP contribution in [-0.2, 0) is 11.2 Å². The predicted molar refractivity (Wildman–Crippen MR) is 85.5 cm³/mol. The molecule has 3 N–H and O–H groups in total. The molecule has 0 unspecified atom stereocenters. The molecule has 4 nitrogen and oxygen atoms in total. The molecule has 0 atom stereocenters. The van der Waals surface area contributed by atoms with Crippen LogP contribution in [0.4, 0.5) is 0 Å². The molecule has 1 aromatic rings. The van der Waals surface area contributed by atoms with E-state index in [2.05, 4.69) is 10.3 Å². The molecule has 1 amide bonds. The summed E-state index contributed by atoms with van der Waals surface area (Å²) in [6.45, 7) is 0.628. The molecule has 0 saturated heterocycles. The van der Waals surface area contributed by atoms with Crippen molar-refractivity contribution in [1.29, 1.82) is 0 Å². The van der Waals surface area contributed by atoms with E-state index in [0.717, 1.165) is 37.7 Å². The lowest BCUT2D eigenvalue weighted by Gasteiger charge is -2.31. The molecule has 0 aliphatic heterocycles. The second-order valence-corrected chi connectivity index (χ2v) is 5.08. The topological polar surface area (TPSA) is 68.0 Å². The molecule has 20 heavy (non-hydrogen) atoms. The maximum absolute atomic E-state index is 12.1. The zero-order chi connectivity index (χ0) is 12.8. The van der Waals surface area contributed by atoms with Gasteiger partial charge in [-0.3, -0.25) is 9.78 Å². The maximum atomic E-state index is 12.1. The Morgan fingerprint density at radius 2 is 2.00 bits per heavy atom. The van der Waals surface area contributed by atoms with Gasteiger partial charge in [-0.15, -0.1) is 24.8 Å². The summed E-state index contributed by atoms with van der Waals surface area (Å²) in [5.41, 5.74) is 6.66. The van der Waals surface area contributed by atoms with Gasteiger partial charge in [-0.25, -0.2) is 0 Å². The fourth-order valence-corrected chi connectivity index (χ4v) is 2.45. The fraction of sp³-hybridized carbons (Fsp3) is 0.571. The quantitative estimate of drug-likeness (QED) is 0.894. The standard InChI is InChI=1S/C14H21N3O.2ClH/c15-14(7-2-1-3-8-14)13(18)17-10-6-12-5-4-9-16-11-12;;/h4-5,9,11H,1-3,6-8,10,15H2,(H,17,18);2*1H. The molecule has 1 fully saturated rings. The number of rotatable bonds is 4. The molecule has 0 spiro atoms. The van der Waals surface area contributed by atoms with E-state index in [4.69, 9.17) is 5.73 Å². The Bertz CT molecular complexity index is 395. The number of hydrogen-bond donors (Lipinski definition) is 2. The third-order valence-electron chi connectivity index (χ3n) is 3.62. The summed E-state index contributed by atoms with van der Waals surface area (Å²) < 4.78 is 0. The Kier molecular flexibility index (Phi) is 8.78. The van der Waals surface area contributed by atoms with Gasteiger partial charge in [-0.2, -0.15) is 0 Å². The number of aromatic nitrogens is 1. The number of nitrogens with one attached hydrogen (secondary N) is 1. The molecular formula is C14H23Cl2N3O. The van der Waals surface area contributed by atoms with Crippen LogP contribution in [0, 0.1) is 0 Å². The second kappa shape index (κ2) is 9.16. The molecular weight excluding hydrogens is 297 g/mol. The first kappa shape index (κ1) is 19.2. The van der Waals surface area contributed by atoms with E-state index in [1.165, 1.54) is 6.42 Å². The SMILES string of the molecule is Cl.Cl.NC1(C(=O)NCCc2cccnc2)CCCCC1. The van der Waals surface area contributed by atoms with Crippen LogP contribution in [0.3, 0.4) is 0 Å². The van der Waals surface area contributed by atoms with Crippen molar-refractivity contribution in [2.75, 3.05) is 6.54 Å². The van der Waals surface area contributed by atoms with E-state index in [0.29, 0.717) is 6.54 Å². The Morgan fingerprint density at radius 1 is 1.30 bits per heavy atom. The van der Waals surface area contributed by atoms with Gasteiger partial charge in [0, 0.05) is 18.9 Å². The summed E-state index contributed by atoms with van der Waals surface area (Å²) in [5.74, 6) is 0.00564. The number of carbonyl (C=O) groups excluding carboxylic acids is 1. The van der Waals surface area contributed by atoms with Crippen molar-refractivity contribution < 1.29 is 4.79 Å². The zero-order valence-corrected chi connectivity index (χ0v) is 13.1. The number of nitrogens with two attached hydrogens (primary N) is 1. The van der Waals surface area contributed by atoms with Gasteiger partial charge in [0.15, 0.2) is 0 Å². The first-order chi connectivity index (χ1) is 8.71. The number of pyridine rings is 1. The highest BCUT2D eigenvalue weighted by atomic mass is 35.5. The molecule has 6 heteroatoms. The number of nitrogens with zero attached hydrogens (tertiary/aromatic N) is 1. The Balaban J connectivity index is 0.00000180. The third kappa shape index (κ3) is 5.27. The summed E-state index contributed by atoms with van der Waals surface area (Å²) >= 11 is 0. The van der Waals surface area contributed by atoms with Gasteiger partial charge in [0.1, 0.15) is 0 Å². The van der Waals surface area contributed by atoms with Crippen LogP contribution in [0.25, 0.3) is 0 Å². The van der Waals surface area contributed by atoms with Crippen molar-refractivity contribution in [3.05, 3.63) is 30.1 Å². The van der Waals surface area contributed by atoms with Crippen LogP contribution < -0.4 is 11.1 Å². The maximum Gasteiger partial charge on any atom is 0.240 e. The molecule has 1 aliphatic rings. The Labute approximate surface area is 132 Å². The van der Waals surface area contributed by atoms with Crippen molar-refractivity contribution in [2.24, 2.45) is 5.73 Å². The van der Waals surface area contributed by atoms with E-state index in [1.54, 1.807) is 6.20 Å². The highest BCUT2D eigenvalue weighted by molar-refractivity contribution is 5.86. The molecule has 1 saturated carbocycles. The normalized spacial score (nSPS) is 16.4. The van der Waals surface area contributed by atoms with Gasteiger partial charge in [-0.05, 0) is 30.9 Å². The van der Waals surface area contributed by atoms with Crippen molar-refractivity contribution >= 4 is 30.7 Å². The van der Waals surface area contributed by atoms with Gasteiger partial charge in [0.05, 0.1) is 5.54 Å². The smallest absolute Gasteiger partial charge is 0.240 e. The monoisotopic (exact) mass is 319 g/mol. The predicted octanol–water partition coefficient (Wildman–Crippen LogP) is 2.25. The van der Waals surface area contributed by atoms with Crippen LogP contribution in [0.5, 0.6) is 0 Å². The number of halogens is 2. The minimum Gasteiger partial charge on any atom is -0.354 e. The largest absolute Gasteiger partial charge is 0.354 e. The molecule has 2 rings (SSSR count). The molecule has 0 aromatic carbocycles. The Morgan fingerprint density at radius 3 is 2.60 bits per heavy atom. The number of hydrogen-bond acceptors (Lipinski definition) is 3. The van der Waals surface area contributed by atoms with E-state index in [1.807, 2.05) is 18.3 Å². The van der Waals surface area contributed by atoms with E-state index < -0.39 is 5.54 Å². The number of carbonyl (C=O) groups is 1. The highest BCUT2D eigenvalue weighted by Gasteiger charge is 2.34. The van der Waals surface area contributed by atoms with Gasteiger partial charge in [0.2, 0.25) is 5.91 Å². The first-order valence-corrected chi connectivity index (χ1v) is 6.67. The summed E-state index contributed by atoms with van der Waals surface area (Å²) in [4.78, 5) is 16.1. The van der Waals surface area contributed by atoms with Gasteiger partial charge < -0.3 is 11.1 Å². The van der Waals surface area contributed by atoms with E-state index in [-0.39, 0.29) is 30.7 Å². The van der Waals surface area contributed by atoms with Crippen LogP contribution in [0.2, 0.25) is 0 Å². The summed E-state index contributed by atoms with van der Waals surface area (Å²) in [6.07, 6.45) is 9.32. The van der Waals surface area contributed by atoms with Crippen molar-refractivity contribution in [3.63, 3.8) is 0 Å². The first-order valence-electron chi connectivity index (χ1n) is 6.67. The highest BCUT2D eigenvalue weighted by Crippen LogP contribution is 2.25. The molecule has 1 aliphatic carbocycles. The van der Waals surface area contributed by atoms with Crippen LogP contribution in [0.15, 0.2) is 24.5 Å². The average Bonchev–Trinajstić information content (AvgIpc) is 2.41. The van der Waals surface area contributed by atoms with E-state index >= 15 is 0 Å². The third-order valence-corrected chi connectivity index (χ3v) is 3.62.